The van der Waals surface area contributed by atoms with Crippen LogP contribution < -0.4 is 5.32 Å². The van der Waals surface area contributed by atoms with Gasteiger partial charge in [0.15, 0.2) is 5.69 Å². The van der Waals surface area contributed by atoms with Gasteiger partial charge in [0.1, 0.15) is 5.82 Å². The first kappa shape index (κ1) is 15.0. The molecule has 0 spiro atoms. The largest absolute Gasteiger partial charge is 0.372 e. The molecule has 22 heavy (non-hydrogen) atoms. The molecule has 1 saturated carbocycles. The molecule has 2 atom stereocenters. The molecule has 0 unspecified atom stereocenters. The molecule has 2 fully saturated rings. The van der Waals surface area contributed by atoms with Crippen molar-refractivity contribution in [2.24, 2.45) is 13.0 Å². The predicted octanol–water partition coefficient (Wildman–Crippen LogP) is 1.02. The smallest absolute Gasteiger partial charge is 0.274 e. The zero-order chi connectivity index (χ0) is 15.9. The van der Waals surface area contributed by atoms with Crippen LogP contribution in [0.15, 0.2) is 6.07 Å². The van der Waals surface area contributed by atoms with E-state index < -0.39 is 0 Å². The van der Waals surface area contributed by atoms with E-state index in [4.69, 9.17) is 4.74 Å². The van der Waals surface area contributed by atoms with Crippen molar-refractivity contribution in [3.63, 3.8) is 0 Å². The second-order valence-electron chi connectivity index (χ2n) is 6.27. The van der Waals surface area contributed by atoms with Crippen molar-refractivity contribution in [3.8, 4) is 0 Å². The minimum atomic E-state index is -0.121. The van der Waals surface area contributed by atoms with Gasteiger partial charge in [0.05, 0.1) is 12.2 Å². The molecule has 0 bridgehead atoms. The van der Waals surface area contributed by atoms with E-state index in [9.17, 15) is 9.59 Å². The lowest BCUT2D eigenvalue weighted by atomic mass is 10.2. The molecule has 2 heterocycles. The summed E-state index contributed by atoms with van der Waals surface area (Å²) in [5, 5.41) is 7.07. The highest BCUT2D eigenvalue weighted by molar-refractivity contribution is 5.96. The van der Waals surface area contributed by atoms with E-state index in [2.05, 4.69) is 10.4 Å². The highest BCUT2D eigenvalue weighted by Crippen LogP contribution is 2.30. The molecule has 2 aliphatic rings. The van der Waals surface area contributed by atoms with Crippen LogP contribution in [0.1, 0.15) is 37.2 Å². The van der Waals surface area contributed by atoms with Gasteiger partial charge in [-0.05, 0) is 26.7 Å². The highest BCUT2D eigenvalue weighted by Gasteiger charge is 2.31. The molecular formula is C15H22N4O3. The standard InChI is InChI=1S/C15H22N4O3/c1-9-7-19(8-10(2)22-9)15(21)12-6-13(18(3)17-12)16-14(20)11-4-5-11/h6,9-11H,4-5,7-8H2,1-3H3,(H,16,20)/t9-,10+. The molecule has 0 aromatic carbocycles. The van der Waals surface area contributed by atoms with Gasteiger partial charge in [0.2, 0.25) is 5.91 Å². The molecule has 120 valence electrons. The fourth-order valence-electron chi connectivity index (χ4n) is 2.77. The van der Waals surface area contributed by atoms with Crippen LogP contribution in [0.5, 0.6) is 0 Å². The third-order valence-electron chi connectivity index (χ3n) is 4.01. The first-order valence-electron chi connectivity index (χ1n) is 7.73. The van der Waals surface area contributed by atoms with Crippen LogP contribution in [0.2, 0.25) is 0 Å². The number of hydrogen-bond acceptors (Lipinski definition) is 4. The van der Waals surface area contributed by atoms with Gasteiger partial charge in [0, 0.05) is 32.1 Å². The Morgan fingerprint density at radius 3 is 2.50 bits per heavy atom. The minimum Gasteiger partial charge on any atom is -0.372 e. The van der Waals surface area contributed by atoms with Gasteiger partial charge in [-0.25, -0.2) is 0 Å². The fraction of sp³-hybridized carbons (Fsp3) is 0.667. The van der Waals surface area contributed by atoms with Crippen molar-refractivity contribution < 1.29 is 14.3 Å². The van der Waals surface area contributed by atoms with E-state index in [0.29, 0.717) is 24.6 Å². The summed E-state index contributed by atoms with van der Waals surface area (Å²) in [6.45, 7) is 5.03. The second-order valence-corrected chi connectivity index (χ2v) is 6.27. The summed E-state index contributed by atoms with van der Waals surface area (Å²) in [6.07, 6.45) is 1.92. The Morgan fingerprint density at radius 1 is 1.27 bits per heavy atom. The Labute approximate surface area is 129 Å². The normalized spacial score (nSPS) is 25.1. The lowest BCUT2D eigenvalue weighted by molar-refractivity contribution is -0.117. The van der Waals surface area contributed by atoms with Crippen molar-refractivity contribution in [1.82, 2.24) is 14.7 Å². The average Bonchev–Trinajstić information content (AvgIpc) is 3.23. The van der Waals surface area contributed by atoms with E-state index in [1.54, 1.807) is 22.7 Å². The van der Waals surface area contributed by atoms with Crippen molar-refractivity contribution in [3.05, 3.63) is 11.8 Å². The van der Waals surface area contributed by atoms with E-state index >= 15 is 0 Å². The Kier molecular flexibility index (Phi) is 3.90. The number of carbonyl (C=O) groups is 2. The Hall–Kier alpha value is -1.89. The van der Waals surface area contributed by atoms with Crippen LogP contribution in [-0.2, 0) is 16.6 Å². The maximum absolute atomic E-state index is 12.6. The number of anilines is 1. The van der Waals surface area contributed by atoms with Crippen molar-refractivity contribution in [2.45, 2.75) is 38.9 Å². The monoisotopic (exact) mass is 306 g/mol. The van der Waals surface area contributed by atoms with Gasteiger partial charge in [-0.3, -0.25) is 14.3 Å². The van der Waals surface area contributed by atoms with Crippen LogP contribution in [0.3, 0.4) is 0 Å². The Morgan fingerprint density at radius 2 is 1.91 bits per heavy atom. The van der Waals surface area contributed by atoms with Gasteiger partial charge in [-0.15, -0.1) is 0 Å². The van der Waals surface area contributed by atoms with Gasteiger partial charge >= 0.3 is 0 Å². The summed E-state index contributed by atoms with van der Waals surface area (Å²) in [5.41, 5.74) is 0.356. The molecule has 3 rings (SSSR count). The number of nitrogens with zero attached hydrogens (tertiary/aromatic N) is 3. The molecule has 1 aromatic rings. The number of hydrogen-bond donors (Lipinski definition) is 1. The topological polar surface area (TPSA) is 76.5 Å². The van der Waals surface area contributed by atoms with Crippen LogP contribution in [0, 0.1) is 5.92 Å². The zero-order valence-electron chi connectivity index (χ0n) is 13.2. The van der Waals surface area contributed by atoms with Gasteiger partial charge in [-0.2, -0.15) is 5.10 Å². The van der Waals surface area contributed by atoms with E-state index in [1.165, 1.54) is 0 Å². The summed E-state index contributed by atoms with van der Waals surface area (Å²) >= 11 is 0. The van der Waals surface area contributed by atoms with Crippen molar-refractivity contribution in [2.75, 3.05) is 18.4 Å². The average molecular weight is 306 g/mol. The molecule has 1 saturated heterocycles. The lowest BCUT2D eigenvalue weighted by Gasteiger charge is -2.34. The number of amides is 2. The van der Waals surface area contributed by atoms with E-state index in [0.717, 1.165) is 12.8 Å². The van der Waals surface area contributed by atoms with E-state index in [1.807, 2.05) is 13.8 Å². The van der Waals surface area contributed by atoms with E-state index in [-0.39, 0.29) is 29.9 Å². The van der Waals surface area contributed by atoms with Gasteiger partial charge in [-0.1, -0.05) is 0 Å². The van der Waals surface area contributed by atoms with Crippen LogP contribution in [0.25, 0.3) is 0 Å². The quantitative estimate of drug-likeness (QED) is 0.904. The minimum absolute atomic E-state index is 0.00983. The van der Waals surface area contributed by atoms with Crippen LogP contribution in [-0.4, -0.2) is 51.8 Å². The third kappa shape index (κ3) is 3.14. The Balaban J connectivity index is 1.71. The van der Waals surface area contributed by atoms with Crippen molar-refractivity contribution >= 4 is 17.6 Å². The summed E-state index contributed by atoms with van der Waals surface area (Å²) in [6, 6.07) is 1.65. The maximum Gasteiger partial charge on any atom is 0.274 e. The summed E-state index contributed by atoms with van der Waals surface area (Å²) in [4.78, 5) is 26.2. The third-order valence-corrected chi connectivity index (χ3v) is 4.01. The summed E-state index contributed by atoms with van der Waals surface area (Å²) < 4.78 is 7.18. The zero-order valence-corrected chi connectivity index (χ0v) is 13.2. The lowest BCUT2D eigenvalue weighted by Crippen LogP contribution is -2.48. The summed E-state index contributed by atoms with van der Waals surface area (Å²) in [7, 11) is 1.73. The number of nitrogens with one attached hydrogen (secondary N) is 1. The molecule has 2 amide bonds. The van der Waals surface area contributed by atoms with Crippen LogP contribution in [0.4, 0.5) is 5.82 Å². The number of carbonyl (C=O) groups excluding carboxylic acids is 2. The first-order valence-corrected chi connectivity index (χ1v) is 7.73. The van der Waals surface area contributed by atoms with Gasteiger partial charge in [0.25, 0.3) is 5.91 Å². The molecule has 0 radical (unpaired) electrons. The number of aryl methyl sites for hydroxylation is 1. The number of aromatic nitrogens is 2. The molecular weight excluding hydrogens is 284 g/mol. The van der Waals surface area contributed by atoms with Crippen molar-refractivity contribution in [1.29, 1.82) is 0 Å². The highest BCUT2D eigenvalue weighted by atomic mass is 16.5. The maximum atomic E-state index is 12.6. The Bertz CT molecular complexity index is 584. The predicted molar refractivity (Wildman–Crippen MR) is 80.5 cm³/mol. The number of ether oxygens (including phenoxy) is 1. The first-order chi connectivity index (χ1) is 10.4. The molecule has 7 nitrogen and oxygen atoms in total. The molecule has 1 aliphatic heterocycles. The molecule has 1 aromatic heterocycles. The van der Waals surface area contributed by atoms with Gasteiger partial charge < -0.3 is 15.0 Å². The number of morpholine rings is 1. The molecule has 1 N–H and O–H groups in total. The SMILES string of the molecule is C[C@@H]1CN(C(=O)c2cc(NC(=O)C3CC3)n(C)n2)C[C@H](C)O1. The number of rotatable bonds is 3. The molecule has 1 aliphatic carbocycles. The fourth-order valence-corrected chi connectivity index (χ4v) is 2.77. The second kappa shape index (κ2) is 5.72. The summed E-state index contributed by atoms with van der Waals surface area (Å²) in [5.74, 6) is 0.574. The molecule has 7 heteroatoms. The van der Waals surface area contributed by atoms with Crippen LogP contribution >= 0.6 is 0 Å².